The van der Waals surface area contributed by atoms with Crippen LogP contribution in [0.4, 0.5) is 5.69 Å². The number of rotatable bonds is 3. The van der Waals surface area contributed by atoms with E-state index >= 15 is 0 Å². The zero-order chi connectivity index (χ0) is 13.9. The molecule has 1 aromatic carbocycles. The molecule has 0 atom stereocenters. The number of sulfonamides is 1. The lowest BCUT2D eigenvalue weighted by Crippen LogP contribution is -2.14. The van der Waals surface area contributed by atoms with Gasteiger partial charge in [-0.05, 0) is 36.8 Å². The van der Waals surface area contributed by atoms with E-state index in [2.05, 4.69) is 9.71 Å². The molecule has 1 aromatic heterocycles. The Morgan fingerprint density at radius 2 is 2.11 bits per heavy atom. The van der Waals surface area contributed by atoms with Crippen molar-refractivity contribution < 1.29 is 8.42 Å². The maximum absolute atomic E-state index is 12.1. The molecule has 0 spiro atoms. The molecule has 0 bridgehead atoms. The van der Waals surface area contributed by atoms with Crippen molar-refractivity contribution >= 4 is 15.7 Å². The van der Waals surface area contributed by atoms with E-state index in [-0.39, 0.29) is 4.90 Å². The van der Waals surface area contributed by atoms with Crippen molar-refractivity contribution in [2.45, 2.75) is 11.8 Å². The van der Waals surface area contributed by atoms with Crippen LogP contribution in [-0.4, -0.2) is 13.4 Å². The molecule has 1 heterocycles. The van der Waals surface area contributed by atoms with E-state index in [4.69, 9.17) is 5.26 Å². The third kappa shape index (κ3) is 2.89. The minimum Gasteiger partial charge on any atom is -0.279 e. The summed E-state index contributed by atoms with van der Waals surface area (Å²) in [6.07, 6.45) is 2.77. The summed E-state index contributed by atoms with van der Waals surface area (Å²) in [7, 11) is -3.68. The molecule has 0 fully saturated rings. The highest BCUT2D eigenvalue weighted by molar-refractivity contribution is 7.92. The van der Waals surface area contributed by atoms with Gasteiger partial charge in [0.1, 0.15) is 4.90 Å². The van der Waals surface area contributed by atoms with E-state index in [1.807, 2.05) is 6.07 Å². The van der Waals surface area contributed by atoms with Gasteiger partial charge < -0.3 is 0 Å². The van der Waals surface area contributed by atoms with Crippen LogP contribution in [0.3, 0.4) is 0 Å². The molecular weight excluding hydrogens is 262 g/mol. The predicted octanol–water partition coefficient (Wildman–Crippen LogP) is 2.06. The Balaban J connectivity index is 2.39. The average molecular weight is 273 g/mol. The number of aromatic nitrogens is 1. The highest BCUT2D eigenvalue weighted by Crippen LogP contribution is 2.20. The molecule has 0 saturated carbocycles. The van der Waals surface area contributed by atoms with Gasteiger partial charge in [0.05, 0.1) is 17.3 Å². The van der Waals surface area contributed by atoms with Crippen molar-refractivity contribution in [3.63, 3.8) is 0 Å². The minimum atomic E-state index is -3.68. The summed E-state index contributed by atoms with van der Waals surface area (Å²) >= 11 is 0. The zero-order valence-corrected chi connectivity index (χ0v) is 11.0. The maximum atomic E-state index is 12.1. The van der Waals surface area contributed by atoms with Crippen LogP contribution in [0.5, 0.6) is 0 Å². The van der Waals surface area contributed by atoms with Crippen LogP contribution in [-0.2, 0) is 10.0 Å². The van der Waals surface area contributed by atoms with E-state index in [9.17, 15) is 8.42 Å². The van der Waals surface area contributed by atoms with Gasteiger partial charge in [-0.2, -0.15) is 5.26 Å². The molecule has 0 aliphatic rings. The van der Waals surface area contributed by atoms with Gasteiger partial charge in [0, 0.05) is 12.4 Å². The first kappa shape index (κ1) is 13.1. The van der Waals surface area contributed by atoms with Gasteiger partial charge in [-0.15, -0.1) is 0 Å². The fraction of sp³-hybridized carbons (Fsp3) is 0.0769. The van der Waals surface area contributed by atoms with Gasteiger partial charge in [0.25, 0.3) is 10.0 Å². The van der Waals surface area contributed by atoms with Crippen LogP contribution in [0.15, 0.2) is 47.6 Å². The van der Waals surface area contributed by atoms with Crippen molar-refractivity contribution in [3.05, 3.63) is 53.9 Å². The third-order valence-electron chi connectivity index (χ3n) is 2.56. The summed E-state index contributed by atoms with van der Waals surface area (Å²) in [5.74, 6) is 0. The molecule has 19 heavy (non-hydrogen) atoms. The number of hydrogen-bond donors (Lipinski definition) is 1. The first-order valence-corrected chi connectivity index (χ1v) is 6.95. The summed E-state index contributed by atoms with van der Waals surface area (Å²) in [6, 6.07) is 9.81. The fourth-order valence-electron chi connectivity index (χ4n) is 1.51. The highest BCUT2D eigenvalue weighted by atomic mass is 32.2. The molecular formula is C13H11N3O2S. The molecule has 0 aliphatic carbocycles. The fourth-order valence-corrected chi connectivity index (χ4v) is 2.60. The van der Waals surface area contributed by atoms with Gasteiger partial charge in [-0.1, -0.05) is 6.07 Å². The quantitative estimate of drug-likeness (QED) is 0.927. The predicted molar refractivity (Wildman–Crippen MR) is 70.9 cm³/mol. The molecule has 0 amide bonds. The van der Waals surface area contributed by atoms with Gasteiger partial charge in [0.15, 0.2) is 0 Å². The van der Waals surface area contributed by atoms with Crippen molar-refractivity contribution in [1.29, 1.82) is 5.26 Å². The molecule has 0 radical (unpaired) electrons. The number of aryl methyl sites for hydroxylation is 1. The molecule has 0 aliphatic heterocycles. The van der Waals surface area contributed by atoms with Crippen LogP contribution in [0.2, 0.25) is 0 Å². The van der Waals surface area contributed by atoms with Crippen LogP contribution >= 0.6 is 0 Å². The van der Waals surface area contributed by atoms with Crippen LogP contribution in [0.25, 0.3) is 0 Å². The van der Waals surface area contributed by atoms with Gasteiger partial charge >= 0.3 is 0 Å². The molecule has 1 N–H and O–H groups in total. The summed E-state index contributed by atoms with van der Waals surface area (Å²) in [4.78, 5) is 3.86. The van der Waals surface area contributed by atoms with E-state index in [0.717, 1.165) is 5.56 Å². The number of nitrogens with one attached hydrogen (secondary N) is 1. The highest BCUT2D eigenvalue weighted by Gasteiger charge is 2.15. The Hall–Kier alpha value is -2.39. The summed E-state index contributed by atoms with van der Waals surface area (Å²) in [5, 5.41) is 8.83. The SMILES string of the molecule is Cc1ccc(C#N)cc1NS(=O)(=O)c1cccnc1. The smallest absolute Gasteiger partial charge is 0.263 e. The molecule has 2 aromatic rings. The molecule has 0 unspecified atom stereocenters. The molecule has 5 nitrogen and oxygen atoms in total. The monoisotopic (exact) mass is 273 g/mol. The lowest BCUT2D eigenvalue weighted by atomic mass is 10.1. The summed E-state index contributed by atoms with van der Waals surface area (Å²) < 4.78 is 26.7. The number of nitriles is 1. The van der Waals surface area contributed by atoms with Crippen LogP contribution in [0, 0.1) is 18.3 Å². The number of hydrogen-bond acceptors (Lipinski definition) is 4. The normalized spacial score (nSPS) is 10.7. The van der Waals surface area contributed by atoms with Crippen LogP contribution < -0.4 is 4.72 Å². The Morgan fingerprint density at radius 3 is 2.74 bits per heavy atom. The van der Waals surface area contributed by atoms with Crippen molar-refractivity contribution in [1.82, 2.24) is 4.98 Å². The van der Waals surface area contributed by atoms with Crippen molar-refractivity contribution in [3.8, 4) is 6.07 Å². The van der Waals surface area contributed by atoms with Gasteiger partial charge in [0.2, 0.25) is 0 Å². The standard InChI is InChI=1S/C13H11N3O2S/c1-10-4-5-11(8-14)7-13(10)16-19(17,18)12-3-2-6-15-9-12/h2-7,9,16H,1H3. The molecule has 6 heteroatoms. The summed E-state index contributed by atoms with van der Waals surface area (Å²) in [6.45, 7) is 1.77. The zero-order valence-electron chi connectivity index (χ0n) is 10.2. The third-order valence-corrected chi connectivity index (χ3v) is 3.91. The maximum Gasteiger partial charge on any atom is 0.263 e. The van der Waals surface area contributed by atoms with E-state index in [1.165, 1.54) is 24.5 Å². The largest absolute Gasteiger partial charge is 0.279 e. The Bertz CT molecular complexity index is 734. The van der Waals surface area contributed by atoms with E-state index < -0.39 is 10.0 Å². The number of pyridine rings is 1. The Labute approximate surface area is 111 Å². The van der Waals surface area contributed by atoms with Crippen LogP contribution in [0.1, 0.15) is 11.1 Å². The Kier molecular flexibility index (Phi) is 3.49. The van der Waals surface area contributed by atoms with E-state index in [1.54, 1.807) is 25.1 Å². The lowest BCUT2D eigenvalue weighted by molar-refractivity contribution is 0.601. The Morgan fingerprint density at radius 1 is 1.32 bits per heavy atom. The average Bonchev–Trinajstić information content (AvgIpc) is 2.42. The first-order chi connectivity index (χ1) is 9.03. The number of benzene rings is 1. The second-order valence-corrected chi connectivity index (χ2v) is 5.62. The van der Waals surface area contributed by atoms with Gasteiger partial charge in [-0.25, -0.2) is 8.42 Å². The second-order valence-electron chi connectivity index (χ2n) is 3.94. The topological polar surface area (TPSA) is 82.9 Å². The van der Waals surface area contributed by atoms with Gasteiger partial charge in [-0.3, -0.25) is 9.71 Å². The molecule has 2 rings (SSSR count). The lowest BCUT2D eigenvalue weighted by Gasteiger charge is -2.10. The minimum absolute atomic E-state index is 0.0803. The van der Waals surface area contributed by atoms with E-state index in [0.29, 0.717) is 11.3 Å². The van der Waals surface area contributed by atoms with Crippen molar-refractivity contribution in [2.24, 2.45) is 0 Å². The number of nitrogens with zero attached hydrogens (tertiary/aromatic N) is 2. The molecule has 96 valence electrons. The second kappa shape index (κ2) is 5.08. The van der Waals surface area contributed by atoms with Crippen molar-refractivity contribution in [2.75, 3.05) is 4.72 Å². The first-order valence-electron chi connectivity index (χ1n) is 5.46. The summed E-state index contributed by atoms with van der Waals surface area (Å²) in [5.41, 5.74) is 1.53. The number of anilines is 1. The molecule has 0 saturated heterocycles.